The molecule has 1 aliphatic rings. The van der Waals surface area contributed by atoms with Gasteiger partial charge in [0, 0.05) is 57.3 Å². The molecule has 4 rings (SSSR count). The fourth-order valence-electron chi connectivity index (χ4n) is 2.93. The zero-order valence-electron chi connectivity index (χ0n) is 14.4. The average molecular weight is 350 g/mol. The van der Waals surface area contributed by atoms with Crippen LogP contribution in [-0.2, 0) is 0 Å². The van der Waals surface area contributed by atoms with Crippen LogP contribution in [0.2, 0.25) is 0 Å². The van der Waals surface area contributed by atoms with Gasteiger partial charge in [0.1, 0.15) is 5.82 Å². The van der Waals surface area contributed by atoms with Gasteiger partial charge in [0.25, 0.3) is 5.91 Å². The zero-order valence-corrected chi connectivity index (χ0v) is 14.4. The molecule has 0 aliphatic carbocycles. The predicted molar refractivity (Wildman–Crippen MR) is 94.6 cm³/mol. The number of aryl methyl sites for hydroxylation is 1. The third kappa shape index (κ3) is 3.26. The minimum Gasteiger partial charge on any atom is -0.353 e. The van der Waals surface area contributed by atoms with Gasteiger partial charge < -0.3 is 14.3 Å². The molecule has 3 aromatic heterocycles. The number of carbonyl (C=O) groups excluding carboxylic acids is 1. The molecule has 0 spiro atoms. The molecule has 0 bridgehead atoms. The van der Waals surface area contributed by atoms with Crippen LogP contribution in [0.1, 0.15) is 16.2 Å². The SMILES string of the molecule is Cc1nc(-c2ccc(N3CCN(C(=O)c4cccnc4)CC3)nc2)no1. The largest absolute Gasteiger partial charge is 0.353 e. The van der Waals surface area contributed by atoms with Gasteiger partial charge in [0.15, 0.2) is 0 Å². The van der Waals surface area contributed by atoms with E-state index in [2.05, 4.69) is 25.0 Å². The smallest absolute Gasteiger partial charge is 0.255 e. The van der Waals surface area contributed by atoms with Gasteiger partial charge in [-0.2, -0.15) is 4.98 Å². The highest BCUT2D eigenvalue weighted by atomic mass is 16.5. The summed E-state index contributed by atoms with van der Waals surface area (Å²) in [6, 6.07) is 7.45. The van der Waals surface area contributed by atoms with Crippen molar-refractivity contribution in [3.63, 3.8) is 0 Å². The fourth-order valence-corrected chi connectivity index (χ4v) is 2.93. The lowest BCUT2D eigenvalue weighted by molar-refractivity contribution is 0.0746. The van der Waals surface area contributed by atoms with Gasteiger partial charge in [-0.1, -0.05) is 5.16 Å². The summed E-state index contributed by atoms with van der Waals surface area (Å²) >= 11 is 0. The highest BCUT2D eigenvalue weighted by Crippen LogP contribution is 2.20. The van der Waals surface area contributed by atoms with E-state index in [-0.39, 0.29) is 5.91 Å². The summed E-state index contributed by atoms with van der Waals surface area (Å²) in [7, 11) is 0. The van der Waals surface area contributed by atoms with Crippen LogP contribution in [0.5, 0.6) is 0 Å². The molecule has 3 aromatic rings. The first-order valence-electron chi connectivity index (χ1n) is 8.42. The minimum absolute atomic E-state index is 0.0218. The second-order valence-electron chi connectivity index (χ2n) is 6.06. The molecule has 8 heteroatoms. The quantitative estimate of drug-likeness (QED) is 0.711. The number of rotatable bonds is 3. The van der Waals surface area contributed by atoms with Crippen LogP contribution >= 0.6 is 0 Å². The van der Waals surface area contributed by atoms with Gasteiger partial charge in [-0.05, 0) is 24.3 Å². The van der Waals surface area contributed by atoms with Gasteiger partial charge in [0.05, 0.1) is 5.56 Å². The Kier molecular flexibility index (Phi) is 4.30. The summed E-state index contributed by atoms with van der Waals surface area (Å²) in [6.45, 7) is 4.53. The third-order valence-corrected chi connectivity index (χ3v) is 4.33. The minimum atomic E-state index is 0.0218. The average Bonchev–Trinajstić information content (AvgIpc) is 3.15. The third-order valence-electron chi connectivity index (χ3n) is 4.33. The number of hydrogen-bond donors (Lipinski definition) is 0. The van der Waals surface area contributed by atoms with Crippen molar-refractivity contribution in [2.45, 2.75) is 6.92 Å². The summed E-state index contributed by atoms with van der Waals surface area (Å²) in [5.74, 6) is 1.96. The molecule has 8 nitrogen and oxygen atoms in total. The Labute approximate surface area is 150 Å². The Balaban J connectivity index is 1.39. The van der Waals surface area contributed by atoms with Crippen LogP contribution < -0.4 is 4.90 Å². The second kappa shape index (κ2) is 6.91. The van der Waals surface area contributed by atoms with Crippen LogP contribution in [0.25, 0.3) is 11.4 Å². The van der Waals surface area contributed by atoms with Crippen LogP contribution in [0.4, 0.5) is 5.82 Å². The van der Waals surface area contributed by atoms with Gasteiger partial charge in [-0.3, -0.25) is 9.78 Å². The number of nitrogens with zero attached hydrogens (tertiary/aromatic N) is 6. The molecule has 0 atom stereocenters. The molecule has 0 aromatic carbocycles. The first kappa shape index (κ1) is 16.2. The van der Waals surface area contributed by atoms with E-state index in [1.165, 1.54) is 0 Å². The van der Waals surface area contributed by atoms with Gasteiger partial charge >= 0.3 is 0 Å². The topological polar surface area (TPSA) is 88.3 Å². The maximum absolute atomic E-state index is 12.5. The van der Waals surface area contributed by atoms with E-state index in [0.717, 1.165) is 24.5 Å². The number of pyridine rings is 2. The molecule has 0 saturated carbocycles. The van der Waals surface area contributed by atoms with Crippen LogP contribution in [0.3, 0.4) is 0 Å². The molecule has 1 aliphatic heterocycles. The van der Waals surface area contributed by atoms with Crippen molar-refractivity contribution in [3.05, 3.63) is 54.3 Å². The van der Waals surface area contributed by atoms with E-state index < -0.39 is 0 Å². The van der Waals surface area contributed by atoms with Crippen molar-refractivity contribution in [2.75, 3.05) is 31.1 Å². The van der Waals surface area contributed by atoms with Gasteiger partial charge in [0.2, 0.25) is 11.7 Å². The summed E-state index contributed by atoms with van der Waals surface area (Å²) in [4.78, 5) is 29.2. The number of aromatic nitrogens is 4. The van der Waals surface area contributed by atoms with E-state index in [4.69, 9.17) is 4.52 Å². The molecule has 1 amide bonds. The number of carbonyl (C=O) groups is 1. The number of amides is 1. The lowest BCUT2D eigenvalue weighted by atomic mass is 10.2. The van der Waals surface area contributed by atoms with Crippen molar-refractivity contribution in [1.82, 2.24) is 25.0 Å². The number of hydrogen-bond acceptors (Lipinski definition) is 7. The first-order chi connectivity index (χ1) is 12.7. The Hall–Kier alpha value is -3.29. The predicted octanol–water partition coefficient (Wildman–Crippen LogP) is 1.80. The van der Waals surface area contributed by atoms with Crippen LogP contribution in [-0.4, -0.2) is 57.1 Å². The number of anilines is 1. The summed E-state index contributed by atoms with van der Waals surface area (Å²) in [6.07, 6.45) is 5.02. The molecule has 26 heavy (non-hydrogen) atoms. The van der Waals surface area contributed by atoms with Gasteiger partial charge in [-0.15, -0.1) is 0 Å². The standard InChI is InChI=1S/C18H18N6O2/c1-13-21-17(22-26-13)14-4-5-16(20-12-14)23-7-9-24(10-8-23)18(25)15-3-2-6-19-11-15/h2-6,11-12H,7-10H2,1H3. The first-order valence-corrected chi connectivity index (χ1v) is 8.42. The molecular weight excluding hydrogens is 332 g/mol. The Morgan fingerprint density at radius 1 is 1.12 bits per heavy atom. The zero-order chi connectivity index (χ0) is 17.9. The maximum atomic E-state index is 12.5. The monoisotopic (exact) mass is 350 g/mol. The highest BCUT2D eigenvalue weighted by molar-refractivity contribution is 5.94. The van der Waals surface area contributed by atoms with E-state index in [0.29, 0.717) is 30.4 Å². The number of piperazine rings is 1. The molecule has 0 radical (unpaired) electrons. The van der Waals surface area contributed by atoms with Crippen molar-refractivity contribution >= 4 is 11.7 Å². The van der Waals surface area contributed by atoms with Crippen molar-refractivity contribution in [3.8, 4) is 11.4 Å². The molecule has 0 N–H and O–H groups in total. The maximum Gasteiger partial charge on any atom is 0.255 e. The fraction of sp³-hybridized carbons (Fsp3) is 0.278. The molecule has 4 heterocycles. The van der Waals surface area contributed by atoms with Crippen LogP contribution in [0.15, 0.2) is 47.4 Å². The van der Waals surface area contributed by atoms with Gasteiger partial charge in [-0.25, -0.2) is 4.98 Å². The summed E-state index contributed by atoms with van der Waals surface area (Å²) < 4.78 is 4.99. The van der Waals surface area contributed by atoms with E-state index >= 15 is 0 Å². The van der Waals surface area contributed by atoms with E-state index in [1.807, 2.05) is 17.0 Å². The Bertz CT molecular complexity index is 886. The lowest BCUT2D eigenvalue weighted by Gasteiger charge is -2.35. The highest BCUT2D eigenvalue weighted by Gasteiger charge is 2.23. The molecule has 1 fully saturated rings. The Morgan fingerprint density at radius 2 is 1.96 bits per heavy atom. The molecule has 0 unspecified atom stereocenters. The van der Waals surface area contributed by atoms with E-state index in [1.54, 1.807) is 37.6 Å². The lowest BCUT2D eigenvalue weighted by Crippen LogP contribution is -2.49. The molecular formula is C18H18N6O2. The van der Waals surface area contributed by atoms with E-state index in [9.17, 15) is 4.79 Å². The van der Waals surface area contributed by atoms with Crippen LogP contribution in [0, 0.1) is 6.92 Å². The summed E-state index contributed by atoms with van der Waals surface area (Å²) in [5.41, 5.74) is 1.44. The van der Waals surface area contributed by atoms with Crippen molar-refractivity contribution in [1.29, 1.82) is 0 Å². The van der Waals surface area contributed by atoms with Crippen molar-refractivity contribution in [2.24, 2.45) is 0 Å². The van der Waals surface area contributed by atoms with Crippen molar-refractivity contribution < 1.29 is 9.32 Å². The molecule has 1 saturated heterocycles. The second-order valence-corrected chi connectivity index (χ2v) is 6.06. The normalized spacial score (nSPS) is 14.5. The molecule has 132 valence electrons. The Morgan fingerprint density at radius 3 is 2.58 bits per heavy atom. The summed E-state index contributed by atoms with van der Waals surface area (Å²) in [5, 5.41) is 3.90.